The molecule has 0 aliphatic carbocycles. The third-order valence-corrected chi connectivity index (χ3v) is 6.42. The van der Waals surface area contributed by atoms with Crippen molar-refractivity contribution >= 4 is 17.6 Å². The summed E-state index contributed by atoms with van der Waals surface area (Å²) in [5.41, 5.74) is 1.94. The van der Waals surface area contributed by atoms with Gasteiger partial charge in [0, 0.05) is 38.4 Å². The van der Waals surface area contributed by atoms with E-state index in [9.17, 15) is 9.59 Å². The number of nitrogens with one attached hydrogen (secondary N) is 2. The van der Waals surface area contributed by atoms with Crippen LogP contribution in [0, 0.1) is 18.8 Å². The van der Waals surface area contributed by atoms with Gasteiger partial charge in [0.15, 0.2) is 0 Å². The van der Waals surface area contributed by atoms with Gasteiger partial charge in [-0.15, -0.1) is 0 Å². The molecule has 3 rings (SSSR count). The largest absolute Gasteiger partial charge is 0.373 e. The second-order valence-corrected chi connectivity index (χ2v) is 9.89. The molecule has 0 bridgehead atoms. The Labute approximate surface area is 192 Å². The van der Waals surface area contributed by atoms with Crippen LogP contribution in [0.2, 0.25) is 0 Å². The van der Waals surface area contributed by atoms with Gasteiger partial charge in [-0.05, 0) is 57.6 Å². The Morgan fingerprint density at radius 3 is 2.38 bits per heavy atom. The Morgan fingerprint density at radius 1 is 1.09 bits per heavy atom. The highest BCUT2D eigenvalue weighted by Gasteiger charge is 2.37. The molecule has 4 unspecified atom stereocenters. The maximum absolute atomic E-state index is 13.5. The fourth-order valence-electron chi connectivity index (χ4n) is 4.98. The molecule has 2 aliphatic rings. The minimum absolute atomic E-state index is 0.125. The number of carbonyl (C=O) groups excluding carboxylic acids is 2. The maximum atomic E-state index is 13.5. The van der Waals surface area contributed by atoms with E-state index in [0.29, 0.717) is 13.1 Å². The lowest BCUT2D eigenvalue weighted by molar-refractivity contribution is -0.147. The summed E-state index contributed by atoms with van der Waals surface area (Å²) in [6.07, 6.45) is 2.27. The van der Waals surface area contributed by atoms with Crippen molar-refractivity contribution in [3.8, 4) is 0 Å². The molecule has 2 heterocycles. The zero-order chi connectivity index (χ0) is 23.3. The number of piperidine rings is 1. The van der Waals surface area contributed by atoms with Crippen LogP contribution in [0.3, 0.4) is 0 Å². The molecule has 32 heavy (non-hydrogen) atoms. The summed E-state index contributed by atoms with van der Waals surface area (Å²) in [5, 5.41) is 5.86. The van der Waals surface area contributed by atoms with Crippen molar-refractivity contribution in [2.45, 2.75) is 65.7 Å². The van der Waals surface area contributed by atoms with E-state index in [1.54, 1.807) is 0 Å². The van der Waals surface area contributed by atoms with Crippen LogP contribution in [0.5, 0.6) is 0 Å². The standard InChI is InChI=1S/C25H40N4O3/c1-17(2)23(29-14-19(4)32-20(5)15-29)24(30)28-12-6-7-21(16-28)13-26-25(31)27-22-10-8-18(3)9-11-22/h8-11,17,19-21,23H,6-7,12-16H2,1-5H3,(H2,26,27,31). The molecule has 0 radical (unpaired) electrons. The smallest absolute Gasteiger partial charge is 0.319 e. The average Bonchev–Trinajstić information content (AvgIpc) is 2.73. The van der Waals surface area contributed by atoms with Gasteiger partial charge < -0.3 is 20.3 Å². The zero-order valence-corrected chi connectivity index (χ0v) is 20.3. The lowest BCUT2D eigenvalue weighted by Gasteiger charge is -2.44. The predicted molar refractivity (Wildman–Crippen MR) is 128 cm³/mol. The van der Waals surface area contributed by atoms with Gasteiger partial charge in [0.1, 0.15) is 0 Å². The number of hydrogen-bond acceptors (Lipinski definition) is 4. The van der Waals surface area contributed by atoms with Gasteiger partial charge in [-0.3, -0.25) is 9.69 Å². The predicted octanol–water partition coefficient (Wildman–Crippen LogP) is 3.49. The molecule has 2 saturated heterocycles. The molecule has 0 spiro atoms. The molecule has 178 valence electrons. The van der Waals surface area contributed by atoms with Crippen molar-refractivity contribution < 1.29 is 14.3 Å². The van der Waals surface area contributed by atoms with E-state index in [4.69, 9.17) is 4.74 Å². The zero-order valence-electron chi connectivity index (χ0n) is 20.3. The highest BCUT2D eigenvalue weighted by Crippen LogP contribution is 2.23. The summed E-state index contributed by atoms with van der Waals surface area (Å²) >= 11 is 0. The third-order valence-electron chi connectivity index (χ3n) is 6.42. The van der Waals surface area contributed by atoms with E-state index in [1.807, 2.05) is 36.1 Å². The fourth-order valence-corrected chi connectivity index (χ4v) is 4.98. The Kier molecular flexibility index (Phi) is 8.54. The quantitative estimate of drug-likeness (QED) is 0.704. The molecule has 1 aromatic rings. The van der Waals surface area contributed by atoms with Gasteiger partial charge >= 0.3 is 6.03 Å². The number of morpholine rings is 1. The van der Waals surface area contributed by atoms with E-state index < -0.39 is 0 Å². The molecular formula is C25H40N4O3. The van der Waals surface area contributed by atoms with Crippen LogP contribution < -0.4 is 10.6 Å². The van der Waals surface area contributed by atoms with Crippen LogP contribution in [0.15, 0.2) is 24.3 Å². The van der Waals surface area contributed by atoms with Crippen LogP contribution >= 0.6 is 0 Å². The molecule has 2 fully saturated rings. The van der Waals surface area contributed by atoms with E-state index in [1.165, 1.54) is 0 Å². The van der Waals surface area contributed by atoms with Gasteiger partial charge in [-0.1, -0.05) is 31.5 Å². The molecule has 7 heteroatoms. The number of anilines is 1. The van der Waals surface area contributed by atoms with Crippen molar-refractivity contribution in [2.75, 3.05) is 38.0 Å². The third kappa shape index (κ3) is 6.69. The number of benzene rings is 1. The Morgan fingerprint density at radius 2 is 1.75 bits per heavy atom. The van der Waals surface area contributed by atoms with Gasteiger partial charge in [0.25, 0.3) is 0 Å². The number of urea groups is 1. The molecule has 4 atom stereocenters. The number of carbonyl (C=O) groups is 2. The Balaban J connectivity index is 1.53. The van der Waals surface area contributed by atoms with Crippen molar-refractivity contribution in [1.29, 1.82) is 0 Å². The van der Waals surface area contributed by atoms with Crippen LogP contribution in [-0.4, -0.2) is 72.7 Å². The number of rotatable bonds is 6. The number of amides is 3. The lowest BCUT2D eigenvalue weighted by atomic mass is 9.94. The summed E-state index contributed by atoms with van der Waals surface area (Å²) in [6, 6.07) is 7.42. The molecule has 7 nitrogen and oxygen atoms in total. The average molecular weight is 445 g/mol. The molecule has 1 aromatic carbocycles. The first-order valence-corrected chi connectivity index (χ1v) is 12.0. The first-order chi connectivity index (χ1) is 15.2. The second-order valence-electron chi connectivity index (χ2n) is 9.89. The van der Waals surface area contributed by atoms with Crippen molar-refractivity contribution in [3.05, 3.63) is 29.8 Å². The molecular weight excluding hydrogens is 404 g/mol. The van der Waals surface area contributed by atoms with Crippen molar-refractivity contribution in [3.63, 3.8) is 0 Å². The number of hydrogen-bond donors (Lipinski definition) is 2. The van der Waals surface area contributed by atoms with E-state index in [-0.39, 0.29) is 42.0 Å². The molecule has 2 aliphatic heterocycles. The number of likely N-dealkylation sites (tertiary alicyclic amines) is 1. The van der Waals surface area contributed by atoms with E-state index in [0.717, 1.165) is 43.7 Å². The fraction of sp³-hybridized carbons (Fsp3) is 0.680. The minimum atomic E-state index is -0.200. The number of nitrogens with zero attached hydrogens (tertiary/aromatic N) is 2. The second kappa shape index (κ2) is 11.1. The first-order valence-electron chi connectivity index (χ1n) is 12.0. The van der Waals surface area contributed by atoms with Crippen molar-refractivity contribution in [2.24, 2.45) is 11.8 Å². The maximum Gasteiger partial charge on any atom is 0.319 e. The number of ether oxygens (including phenoxy) is 1. The van der Waals surface area contributed by atoms with E-state index in [2.05, 4.69) is 43.2 Å². The normalized spacial score (nSPS) is 25.4. The Hall–Kier alpha value is -2.12. The van der Waals surface area contributed by atoms with Gasteiger partial charge in [-0.2, -0.15) is 0 Å². The van der Waals surface area contributed by atoms with Crippen molar-refractivity contribution in [1.82, 2.24) is 15.1 Å². The summed E-state index contributed by atoms with van der Waals surface area (Å²) in [7, 11) is 0. The van der Waals surface area contributed by atoms with Crippen LogP contribution in [0.4, 0.5) is 10.5 Å². The summed E-state index contributed by atoms with van der Waals surface area (Å²) < 4.78 is 5.88. The van der Waals surface area contributed by atoms with Crippen LogP contribution in [-0.2, 0) is 9.53 Å². The van der Waals surface area contributed by atoms with Crippen LogP contribution in [0.25, 0.3) is 0 Å². The van der Waals surface area contributed by atoms with Gasteiger partial charge in [0.2, 0.25) is 5.91 Å². The monoisotopic (exact) mass is 444 g/mol. The molecule has 0 aromatic heterocycles. The highest BCUT2D eigenvalue weighted by atomic mass is 16.5. The first kappa shape index (κ1) is 24.5. The SMILES string of the molecule is Cc1ccc(NC(=O)NCC2CCCN(C(=O)C(C(C)C)N3CC(C)OC(C)C3)C2)cc1. The highest BCUT2D eigenvalue weighted by molar-refractivity contribution is 5.89. The summed E-state index contributed by atoms with van der Waals surface area (Å²) in [4.78, 5) is 30.2. The molecule has 0 saturated carbocycles. The van der Waals surface area contributed by atoms with Gasteiger partial charge in [0.05, 0.1) is 18.2 Å². The topological polar surface area (TPSA) is 73.9 Å². The minimum Gasteiger partial charge on any atom is -0.373 e. The van der Waals surface area contributed by atoms with E-state index >= 15 is 0 Å². The molecule has 3 amide bonds. The Bertz CT molecular complexity index is 757. The number of aryl methyl sites for hydroxylation is 1. The lowest BCUT2D eigenvalue weighted by Crippen LogP contribution is -2.59. The van der Waals surface area contributed by atoms with Crippen LogP contribution in [0.1, 0.15) is 46.1 Å². The summed E-state index contributed by atoms with van der Waals surface area (Å²) in [6.45, 7) is 14.1. The molecule has 2 N–H and O–H groups in total. The summed E-state index contributed by atoms with van der Waals surface area (Å²) in [5.74, 6) is 0.723. The van der Waals surface area contributed by atoms with Gasteiger partial charge in [-0.25, -0.2) is 4.79 Å².